The van der Waals surface area contributed by atoms with E-state index < -0.39 is 0 Å². The van der Waals surface area contributed by atoms with Crippen LogP contribution in [0, 0.1) is 11.8 Å². The van der Waals surface area contributed by atoms with Crippen molar-refractivity contribution in [2.45, 2.75) is 40.5 Å². The molecular formula is C11H20O. The highest BCUT2D eigenvalue weighted by Gasteiger charge is 2.03. The van der Waals surface area contributed by atoms with Gasteiger partial charge in [-0.2, -0.15) is 0 Å². The summed E-state index contributed by atoms with van der Waals surface area (Å²) in [6.07, 6.45) is 6.29. The molecule has 0 spiro atoms. The monoisotopic (exact) mass is 168 g/mol. The van der Waals surface area contributed by atoms with Crippen LogP contribution in [-0.2, 0) is 4.79 Å². The van der Waals surface area contributed by atoms with Gasteiger partial charge in [-0.15, -0.1) is 0 Å². The summed E-state index contributed by atoms with van der Waals surface area (Å²) >= 11 is 0. The quantitative estimate of drug-likeness (QED) is 0.576. The zero-order valence-electron chi connectivity index (χ0n) is 8.63. The molecule has 0 aliphatic heterocycles. The predicted molar refractivity (Wildman–Crippen MR) is 53.1 cm³/mol. The Morgan fingerprint density at radius 3 is 2.08 bits per heavy atom. The lowest BCUT2D eigenvalue weighted by Crippen LogP contribution is -2.04. The van der Waals surface area contributed by atoms with Crippen LogP contribution in [0.3, 0.4) is 0 Å². The first-order valence-electron chi connectivity index (χ1n) is 4.69. The molecule has 1 atom stereocenters. The van der Waals surface area contributed by atoms with E-state index in [1.165, 1.54) is 0 Å². The minimum atomic E-state index is 0.188. The molecule has 0 radical (unpaired) electrons. The van der Waals surface area contributed by atoms with E-state index in [4.69, 9.17) is 0 Å². The van der Waals surface area contributed by atoms with Gasteiger partial charge in [0.25, 0.3) is 0 Å². The predicted octanol–water partition coefficient (Wildman–Crippen LogP) is 3.20. The molecule has 0 aromatic heterocycles. The summed E-state index contributed by atoms with van der Waals surface area (Å²) in [7, 11) is 0. The molecule has 0 saturated heterocycles. The third-order valence-electron chi connectivity index (χ3n) is 1.96. The van der Waals surface area contributed by atoms with Crippen LogP contribution in [0.5, 0.6) is 0 Å². The fraction of sp³-hybridized carbons (Fsp3) is 0.727. The Hall–Kier alpha value is -0.590. The second-order valence-corrected chi connectivity index (χ2v) is 3.85. The Balaban J connectivity index is 3.53. The number of ketones is 1. The molecular weight excluding hydrogens is 148 g/mol. The number of hydrogen-bond acceptors (Lipinski definition) is 1. The third-order valence-corrected chi connectivity index (χ3v) is 1.96. The molecule has 0 aromatic carbocycles. The van der Waals surface area contributed by atoms with Gasteiger partial charge in [-0.3, -0.25) is 4.79 Å². The van der Waals surface area contributed by atoms with E-state index >= 15 is 0 Å². The van der Waals surface area contributed by atoms with E-state index in [1.54, 1.807) is 6.92 Å². The topological polar surface area (TPSA) is 17.1 Å². The van der Waals surface area contributed by atoms with E-state index in [1.807, 2.05) is 6.92 Å². The first-order valence-corrected chi connectivity index (χ1v) is 4.69. The molecule has 0 rings (SSSR count). The minimum Gasteiger partial charge on any atom is -0.300 e. The van der Waals surface area contributed by atoms with Gasteiger partial charge in [0.1, 0.15) is 5.78 Å². The zero-order chi connectivity index (χ0) is 9.56. The second-order valence-electron chi connectivity index (χ2n) is 3.85. The SMILES string of the molecule is CC(=O)C(C)CC=CCC(C)C. The molecule has 0 fully saturated rings. The van der Waals surface area contributed by atoms with Crippen molar-refractivity contribution in [1.82, 2.24) is 0 Å². The number of carbonyl (C=O) groups excluding carboxylic acids is 1. The molecule has 0 aromatic rings. The summed E-state index contributed by atoms with van der Waals surface area (Å²) in [6.45, 7) is 8.01. The first-order chi connectivity index (χ1) is 5.54. The Bertz CT molecular complexity index is 156. The van der Waals surface area contributed by atoms with Gasteiger partial charge < -0.3 is 0 Å². The fourth-order valence-electron chi connectivity index (χ4n) is 0.835. The van der Waals surface area contributed by atoms with Crippen LogP contribution in [0.25, 0.3) is 0 Å². The average Bonchev–Trinajstić information content (AvgIpc) is 1.97. The van der Waals surface area contributed by atoms with Gasteiger partial charge in [-0.05, 0) is 25.7 Å². The molecule has 70 valence electrons. The van der Waals surface area contributed by atoms with Crippen LogP contribution in [-0.4, -0.2) is 5.78 Å². The summed E-state index contributed by atoms with van der Waals surface area (Å²) in [5, 5.41) is 0. The lowest BCUT2D eigenvalue weighted by atomic mass is 10.0. The van der Waals surface area contributed by atoms with E-state index in [2.05, 4.69) is 26.0 Å². The van der Waals surface area contributed by atoms with Gasteiger partial charge in [0.2, 0.25) is 0 Å². The van der Waals surface area contributed by atoms with Crippen LogP contribution in [0.1, 0.15) is 40.5 Å². The highest BCUT2D eigenvalue weighted by atomic mass is 16.1. The molecule has 0 bridgehead atoms. The zero-order valence-corrected chi connectivity index (χ0v) is 8.63. The molecule has 12 heavy (non-hydrogen) atoms. The molecule has 1 unspecified atom stereocenters. The summed E-state index contributed by atoms with van der Waals surface area (Å²) in [5.74, 6) is 1.19. The molecule has 1 heteroatoms. The second kappa shape index (κ2) is 5.99. The summed E-state index contributed by atoms with van der Waals surface area (Å²) < 4.78 is 0. The largest absolute Gasteiger partial charge is 0.300 e. The van der Waals surface area contributed by atoms with E-state index in [0.717, 1.165) is 12.8 Å². The van der Waals surface area contributed by atoms with Crippen molar-refractivity contribution in [1.29, 1.82) is 0 Å². The lowest BCUT2D eigenvalue weighted by Gasteiger charge is -2.02. The van der Waals surface area contributed by atoms with Crippen molar-refractivity contribution in [3.63, 3.8) is 0 Å². The van der Waals surface area contributed by atoms with E-state index in [0.29, 0.717) is 5.92 Å². The van der Waals surface area contributed by atoms with Crippen molar-refractivity contribution >= 4 is 5.78 Å². The molecule has 0 saturated carbocycles. The Labute approximate surface area is 75.9 Å². The maximum atomic E-state index is 10.8. The Morgan fingerprint density at radius 1 is 1.17 bits per heavy atom. The number of hydrogen-bond donors (Lipinski definition) is 0. The van der Waals surface area contributed by atoms with E-state index in [9.17, 15) is 4.79 Å². The minimum absolute atomic E-state index is 0.188. The van der Waals surface area contributed by atoms with E-state index in [-0.39, 0.29) is 11.7 Å². The van der Waals surface area contributed by atoms with Crippen molar-refractivity contribution in [3.05, 3.63) is 12.2 Å². The molecule has 0 aliphatic rings. The maximum absolute atomic E-state index is 10.8. The van der Waals surface area contributed by atoms with Crippen LogP contribution in [0.2, 0.25) is 0 Å². The third kappa shape index (κ3) is 6.14. The van der Waals surface area contributed by atoms with Crippen molar-refractivity contribution in [3.8, 4) is 0 Å². The standard InChI is InChI=1S/C11H20O/c1-9(2)7-5-6-8-10(3)11(4)12/h5-6,9-10H,7-8H2,1-4H3. The van der Waals surface area contributed by atoms with Crippen LogP contribution < -0.4 is 0 Å². The fourth-order valence-corrected chi connectivity index (χ4v) is 0.835. The van der Waals surface area contributed by atoms with Gasteiger partial charge in [-0.25, -0.2) is 0 Å². The molecule has 0 aliphatic carbocycles. The van der Waals surface area contributed by atoms with Crippen LogP contribution in [0.15, 0.2) is 12.2 Å². The van der Waals surface area contributed by atoms with Gasteiger partial charge in [-0.1, -0.05) is 32.9 Å². The van der Waals surface area contributed by atoms with Gasteiger partial charge in [0.15, 0.2) is 0 Å². The molecule has 1 nitrogen and oxygen atoms in total. The number of Topliss-reactive ketones (excluding diaryl/α,β-unsaturated/α-hetero) is 1. The first kappa shape index (κ1) is 11.4. The Kier molecular flexibility index (Phi) is 5.69. The maximum Gasteiger partial charge on any atom is 0.132 e. The smallest absolute Gasteiger partial charge is 0.132 e. The Morgan fingerprint density at radius 2 is 1.67 bits per heavy atom. The lowest BCUT2D eigenvalue weighted by molar-refractivity contribution is -0.120. The molecule has 0 heterocycles. The summed E-state index contributed by atoms with van der Waals surface area (Å²) in [6, 6.07) is 0. The van der Waals surface area contributed by atoms with Crippen molar-refractivity contribution < 1.29 is 4.79 Å². The number of allylic oxidation sites excluding steroid dienone is 2. The van der Waals surface area contributed by atoms with Gasteiger partial charge in [0.05, 0.1) is 0 Å². The summed E-state index contributed by atoms with van der Waals surface area (Å²) in [4.78, 5) is 10.8. The van der Waals surface area contributed by atoms with Gasteiger partial charge in [0, 0.05) is 5.92 Å². The summed E-state index contributed by atoms with van der Waals surface area (Å²) in [5.41, 5.74) is 0. The highest BCUT2D eigenvalue weighted by Crippen LogP contribution is 2.06. The van der Waals surface area contributed by atoms with Gasteiger partial charge >= 0.3 is 0 Å². The average molecular weight is 168 g/mol. The highest BCUT2D eigenvalue weighted by molar-refractivity contribution is 5.77. The number of rotatable bonds is 5. The number of carbonyl (C=O) groups is 1. The van der Waals surface area contributed by atoms with Crippen LogP contribution in [0.4, 0.5) is 0 Å². The molecule has 0 amide bonds. The van der Waals surface area contributed by atoms with Crippen molar-refractivity contribution in [2.75, 3.05) is 0 Å². The molecule has 0 N–H and O–H groups in total. The van der Waals surface area contributed by atoms with Crippen molar-refractivity contribution in [2.24, 2.45) is 11.8 Å². The van der Waals surface area contributed by atoms with Crippen LogP contribution >= 0.6 is 0 Å². The normalized spacial score (nSPS) is 14.1.